The molecule has 18 heavy (non-hydrogen) atoms. The Morgan fingerprint density at radius 3 is 2.39 bits per heavy atom. The molecule has 1 unspecified atom stereocenters. The lowest BCUT2D eigenvalue weighted by atomic mass is 10.0. The van der Waals surface area contributed by atoms with Gasteiger partial charge in [-0.05, 0) is 24.6 Å². The van der Waals surface area contributed by atoms with E-state index >= 15 is 0 Å². The van der Waals surface area contributed by atoms with Crippen molar-refractivity contribution >= 4 is 0 Å². The second-order valence-corrected chi connectivity index (χ2v) is 3.77. The number of nitrogens with zero attached hydrogens (tertiary/aromatic N) is 2. The maximum atomic E-state index is 5.60. The van der Waals surface area contributed by atoms with Crippen molar-refractivity contribution in [3.05, 3.63) is 54.1 Å². The van der Waals surface area contributed by atoms with E-state index in [1.54, 1.807) is 12.4 Å². The third kappa shape index (κ3) is 2.82. The van der Waals surface area contributed by atoms with Gasteiger partial charge in [-0.2, -0.15) is 0 Å². The van der Waals surface area contributed by atoms with E-state index in [4.69, 9.17) is 10.6 Å². The van der Waals surface area contributed by atoms with Gasteiger partial charge >= 0.3 is 0 Å². The largest absolute Gasteiger partial charge is 0.494 e. The van der Waals surface area contributed by atoms with Gasteiger partial charge in [0.2, 0.25) is 0 Å². The summed E-state index contributed by atoms with van der Waals surface area (Å²) in [6, 6.07) is 7.67. The van der Waals surface area contributed by atoms with Gasteiger partial charge in [-0.25, -0.2) is 15.4 Å². The fourth-order valence-corrected chi connectivity index (χ4v) is 1.77. The second kappa shape index (κ2) is 6.09. The fourth-order valence-electron chi connectivity index (χ4n) is 1.77. The molecule has 0 aliphatic rings. The van der Waals surface area contributed by atoms with Crippen LogP contribution in [-0.2, 0) is 0 Å². The molecule has 5 nitrogen and oxygen atoms in total. The van der Waals surface area contributed by atoms with E-state index in [-0.39, 0.29) is 6.04 Å². The summed E-state index contributed by atoms with van der Waals surface area (Å²) < 4.78 is 5.40. The summed E-state index contributed by atoms with van der Waals surface area (Å²) >= 11 is 0. The molecule has 0 fully saturated rings. The molecule has 2 aromatic rings. The molecule has 1 atom stereocenters. The number of rotatable bonds is 5. The molecular formula is C13H16N4O. The second-order valence-electron chi connectivity index (χ2n) is 3.77. The number of hydrazine groups is 1. The van der Waals surface area contributed by atoms with Gasteiger partial charge in [0.1, 0.15) is 12.1 Å². The van der Waals surface area contributed by atoms with E-state index in [0.29, 0.717) is 6.61 Å². The highest BCUT2D eigenvalue weighted by atomic mass is 16.5. The highest BCUT2D eigenvalue weighted by Crippen LogP contribution is 2.22. The van der Waals surface area contributed by atoms with E-state index in [1.165, 1.54) is 6.33 Å². The third-order valence-electron chi connectivity index (χ3n) is 2.60. The molecule has 0 aliphatic heterocycles. The van der Waals surface area contributed by atoms with Gasteiger partial charge in [0, 0.05) is 18.0 Å². The Morgan fingerprint density at radius 1 is 1.17 bits per heavy atom. The normalized spacial score (nSPS) is 12.1. The molecule has 1 aromatic carbocycles. The predicted molar refractivity (Wildman–Crippen MR) is 68.8 cm³/mol. The minimum Gasteiger partial charge on any atom is -0.494 e. The highest BCUT2D eigenvalue weighted by Gasteiger charge is 2.12. The Labute approximate surface area is 106 Å². The Balaban J connectivity index is 2.23. The third-order valence-corrected chi connectivity index (χ3v) is 2.60. The number of ether oxygens (including phenoxy) is 1. The van der Waals surface area contributed by atoms with E-state index in [1.807, 2.05) is 31.2 Å². The van der Waals surface area contributed by atoms with Crippen LogP contribution in [0.3, 0.4) is 0 Å². The van der Waals surface area contributed by atoms with Crippen LogP contribution in [0.15, 0.2) is 43.0 Å². The van der Waals surface area contributed by atoms with Crippen molar-refractivity contribution in [3.8, 4) is 5.75 Å². The summed E-state index contributed by atoms with van der Waals surface area (Å²) in [4.78, 5) is 7.99. The maximum Gasteiger partial charge on any atom is 0.119 e. The Hall–Kier alpha value is -1.98. The minimum absolute atomic E-state index is 0.123. The smallest absolute Gasteiger partial charge is 0.119 e. The molecule has 0 amide bonds. The van der Waals surface area contributed by atoms with Crippen molar-refractivity contribution in [1.29, 1.82) is 0 Å². The number of benzene rings is 1. The van der Waals surface area contributed by atoms with Crippen LogP contribution in [0.2, 0.25) is 0 Å². The van der Waals surface area contributed by atoms with Crippen molar-refractivity contribution in [2.45, 2.75) is 13.0 Å². The van der Waals surface area contributed by atoms with Crippen LogP contribution in [-0.4, -0.2) is 16.6 Å². The molecule has 0 saturated heterocycles. The summed E-state index contributed by atoms with van der Waals surface area (Å²) in [5.41, 5.74) is 4.72. The van der Waals surface area contributed by atoms with Gasteiger partial charge in [-0.15, -0.1) is 0 Å². The van der Waals surface area contributed by atoms with Gasteiger partial charge in [0.05, 0.1) is 12.6 Å². The number of hydrogen-bond donors (Lipinski definition) is 2. The monoisotopic (exact) mass is 244 g/mol. The molecule has 0 aliphatic carbocycles. The van der Waals surface area contributed by atoms with Gasteiger partial charge in [0.25, 0.3) is 0 Å². The number of nitrogens with one attached hydrogen (secondary N) is 1. The predicted octanol–water partition coefficient (Wildman–Crippen LogP) is 1.43. The molecule has 94 valence electrons. The van der Waals surface area contributed by atoms with Gasteiger partial charge in [0.15, 0.2) is 0 Å². The van der Waals surface area contributed by atoms with Gasteiger partial charge < -0.3 is 4.74 Å². The first kappa shape index (κ1) is 12.5. The van der Waals surface area contributed by atoms with Crippen LogP contribution in [0.4, 0.5) is 0 Å². The quantitative estimate of drug-likeness (QED) is 0.615. The molecule has 0 saturated carbocycles. The van der Waals surface area contributed by atoms with Crippen molar-refractivity contribution < 1.29 is 4.74 Å². The van der Waals surface area contributed by atoms with E-state index in [9.17, 15) is 0 Å². The van der Waals surface area contributed by atoms with Crippen molar-refractivity contribution in [1.82, 2.24) is 15.4 Å². The molecule has 0 radical (unpaired) electrons. The zero-order chi connectivity index (χ0) is 12.8. The van der Waals surface area contributed by atoms with E-state index < -0.39 is 0 Å². The molecule has 1 heterocycles. The van der Waals surface area contributed by atoms with Crippen LogP contribution >= 0.6 is 0 Å². The average Bonchev–Trinajstić information content (AvgIpc) is 2.43. The summed E-state index contributed by atoms with van der Waals surface area (Å²) in [6.07, 6.45) is 4.98. The SMILES string of the molecule is CCOc1ccc(C(NN)c2cncnc2)cc1. The number of aromatic nitrogens is 2. The summed E-state index contributed by atoms with van der Waals surface area (Å²) in [6.45, 7) is 2.61. The fraction of sp³-hybridized carbons (Fsp3) is 0.231. The first-order chi connectivity index (χ1) is 8.85. The average molecular weight is 244 g/mol. The lowest BCUT2D eigenvalue weighted by Crippen LogP contribution is -2.29. The van der Waals surface area contributed by atoms with Crippen molar-refractivity contribution in [2.75, 3.05) is 6.61 Å². The van der Waals surface area contributed by atoms with Crippen LogP contribution in [0.1, 0.15) is 24.1 Å². The van der Waals surface area contributed by atoms with Gasteiger partial charge in [-0.3, -0.25) is 5.84 Å². The number of nitrogens with two attached hydrogens (primary N) is 1. The molecule has 5 heteroatoms. The zero-order valence-corrected chi connectivity index (χ0v) is 10.2. The van der Waals surface area contributed by atoms with Gasteiger partial charge in [-0.1, -0.05) is 12.1 Å². The molecule has 1 aromatic heterocycles. The van der Waals surface area contributed by atoms with E-state index in [0.717, 1.165) is 16.9 Å². The topological polar surface area (TPSA) is 73.1 Å². The Morgan fingerprint density at radius 2 is 1.83 bits per heavy atom. The van der Waals surface area contributed by atoms with Crippen LogP contribution in [0, 0.1) is 0 Å². The summed E-state index contributed by atoms with van der Waals surface area (Å²) in [7, 11) is 0. The minimum atomic E-state index is -0.123. The summed E-state index contributed by atoms with van der Waals surface area (Å²) in [5, 5.41) is 0. The molecule has 0 bridgehead atoms. The first-order valence-corrected chi connectivity index (χ1v) is 5.79. The zero-order valence-electron chi connectivity index (χ0n) is 10.2. The lowest BCUT2D eigenvalue weighted by Gasteiger charge is -2.16. The Bertz CT molecular complexity index is 472. The molecule has 2 rings (SSSR count). The Kier molecular flexibility index (Phi) is 4.22. The lowest BCUT2D eigenvalue weighted by molar-refractivity contribution is 0.340. The van der Waals surface area contributed by atoms with Crippen LogP contribution in [0.5, 0.6) is 5.75 Å². The molecule has 0 spiro atoms. The standard InChI is InChI=1S/C13H16N4O/c1-2-18-12-5-3-10(4-6-12)13(17-14)11-7-15-9-16-8-11/h3-9,13,17H,2,14H2,1H3. The first-order valence-electron chi connectivity index (χ1n) is 5.79. The van der Waals surface area contributed by atoms with Crippen LogP contribution in [0.25, 0.3) is 0 Å². The summed E-state index contributed by atoms with van der Waals surface area (Å²) in [5.74, 6) is 6.45. The number of hydrogen-bond acceptors (Lipinski definition) is 5. The highest BCUT2D eigenvalue weighted by molar-refractivity contribution is 5.33. The molecular weight excluding hydrogens is 228 g/mol. The van der Waals surface area contributed by atoms with Crippen molar-refractivity contribution in [2.24, 2.45) is 5.84 Å². The van der Waals surface area contributed by atoms with Crippen molar-refractivity contribution in [3.63, 3.8) is 0 Å². The van der Waals surface area contributed by atoms with E-state index in [2.05, 4.69) is 15.4 Å². The molecule has 3 N–H and O–H groups in total. The maximum absolute atomic E-state index is 5.60. The van der Waals surface area contributed by atoms with Crippen LogP contribution < -0.4 is 16.0 Å².